The molecule has 0 aromatic rings. The van der Waals surface area contributed by atoms with Gasteiger partial charge in [-0.2, -0.15) is 0 Å². The van der Waals surface area contributed by atoms with Crippen molar-refractivity contribution in [2.24, 2.45) is 0 Å². The minimum absolute atomic E-state index is 0.0261. The van der Waals surface area contributed by atoms with Gasteiger partial charge in [-0.05, 0) is 20.8 Å². The standard InChI is InChI=1S/C11H22N2O3/c1-11(2,3)12-5-6-13(10(15)16-4)9(7-12)8-14/h9,14H,5-8H2,1-4H3. The van der Waals surface area contributed by atoms with Crippen LogP contribution in [-0.4, -0.2) is 65.9 Å². The van der Waals surface area contributed by atoms with Crippen molar-refractivity contribution in [1.82, 2.24) is 9.80 Å². The first-order chi connectivity index (χ1) is 7.40. The van der Waals surface area contributed by atoms with Gasteiger partial charge in [0.15, 0.2) is 0 Å². The first-order valence-corrected chi connectivity index (χ1v) is 5.60. The summed E-state index contributed by atoms with van der Waals surface area (Å²) >= 11 is 0. The smallest absolute Gasteiger partial charge is 0.409 e. The Morgan fingerprint density at radius 1 is 1.44 bits per heavy atom. The quantitative estimate of drug-likeness (QED) is 0.714. The lowest BCUT2D eigenvalue weighted by atomic mass is 10.0. The molecule has 0 aliphatic carbocycles. The molecule has 5 heteroatoms. The van der Waals surface area contributed by atoms with Crippen LogP contribution in [0.1, 0.15) is 20.8 Å². The molecule has 1 amide bonds. The lowest BCUT2D eigenvalue weighted by Crippen LogP contribution is -2.60. The monoisotopic (exact) mass is 230 g/mol. The second-order valence-corrected chi connectivity index (χ2v) is 5.12. The summed E-state index contributed by atoms with van der Waals surface area (Å²) < 4.78 is 4.70. The molecule has 1 aliphatic heterocycles. The van der Waals surface area contributed by atoms with Crippen molar-refractivity contribution in [3.05, 3.63) is 0 Å². The molecule has 0 radical (unpaired) electrons. The molecule has 0 bridgehead atoms. The molecule has 5 nitrogen and oxygen atoms in total. The fraction of sp³-hybridized carbons (Fsp3) is 0.909. The second kappa shape index (κ2) is 5.01. The molecule has 1 fully saturated rings. The third-order valence-corrected chi connectivity index (χ3v) is 3.05. The first kappa shape index (κ1) is 13.3. The number of piperazine rings is 1. The van der Waals surface area contributed by atoms with E-state index in [1.165, 1.54) is 7.11 Å². The van der Waals surface area contributed by atoms with Crippen molar-refractivity contribution in [1.29, 1.82) is 0 Å². The zero-order valence-electron chi connectivity index (χ0n) is 10.6. The SMILES string of the molecule is COC(=O)N1CCN(C(C)(C)C)CC1CO. The summed E-state index contributed by atoms with van der Waals surface area (Å²) in [4.78, 5) is 15.3. The number of ether oxygens (including phenoxy) is 1. The lowest BCUT2D eigenvalue weighted by molar-refractivity contribution is 0.00225. The van der Waals surface area contributed by atoms with Crippen LogP contribution in [0.3, 0.4) is 0 Å². The number of aliphatic hydroxyl groups excluding tert-OH is 1. The number of hydrogen-bond donors (Lipinski definition) is 1. The summed E-state index contributed by atoms with van der Waals surface area (Å²) in [5.74, 6) is 0. The van der Waals surface area contributed by atoms with E-state index in [0.717, 1.165) is 6.54 Å². The highest BCUT2D eigenvalue weighted by Gasteiger charge is 2.34. The van der Waals surface area contributed by atoms with Gasteiger partial charge in [0.25, 0.3) is 0 Å². The molecule has 1 rings (SSSR count). The van der Waals surface area contributed by atoms with E-state index in [0.29, 0.717) is 13.1 Å². The van der Waals surface area contributed by atoms with Crippen LogP contribution in [0.4, 0.5) is 4.79 Å². The van der Waals surface area contributed by atoms with E-state index in [2.05, 4.69) is 25.7 Å². The summed E-state index contributed by atoms with van der Waals surface area (Å²) in [7, 11) is 1.37. The Labute approximate surface area is 97.0 Å². The topological polar surface area (TPSA) is 53.0 Å². The van der Waals surface area contributed by atoms with Gasteiger partial charge in [0.05, 0.1) is 19.8 Å². The fourth-order valence-corrected chi connectivity index (χ4v) is 1.98. The van der Waals surface area contributed by atoms with Crippen LogP contribution in [0.5, 0.6) is 0 Å². The molecular weight excluding hydrogens is 208 g/mol. The van der Waals surface area contributed by atoms with E-state index in [1.54, 1.807) is 4.90 Å². The molecule has 16 heavy (non-hydrogen) atoms. The number of rotatable bonds is 1. The van der Waals surface area contributed by atoms with Crippen LogP contribution in [0.25, 0.3) is 0 Å². The fourth-order valence-electron chi connectivity index (χ4n) is 1.98. The third kappa shape index (κ3) is 2.86. The Bertz CT molecular complexity index is 250. The Kier molecular flexibility index (Phi) is 4.15. The molecule has 0 aromatic heterocycles. The van der Waals surface area contributed by atoms with E-state index in [4.69, 9.17) is 4.74 Å². The van der Waals surface area contributed by atoms with Crippen LogP contribution in [0.2, 0.25) is 0 Å². The Hall–Kier alpha value is -0.810. The number of carbonyl (C=O) groups excluding carboxylic acids is 1. The van der Waals surface area contributed by atoms with Crippen LogP contribution in [-0.2, 0) is 4.74 Å². The maximum Gasteiger partial charge on any atom is 0.409 e. The van der Waals surface area contributed by atoms with Crippen LogP contribution in [0, 0.1) is 0 Å². The molecule has 1 N–H and O–H groups in total. The molecule has 1 heterocycles. The number of amides is 1. The summed E-state index contributed by atoms with van der Waals surface area (Å²) in [5, 5.41) is 9.31. The largest absolute Gasteiger partial charge is 0.453 e. The van der Waals surface area contributed by atoms with Crippen LogP contribution < -0.4 is 0 Å². The van der Waals surface area contributed by atoms with Crippen LogP contribution >= 0.6 is 0 Å². The Balaban J connectivity index is 2.68. The van der Waals surface area contributed by atoms with Crippen molar-refractivity contribution in [2.45, 2.75) is 32.4 Å². The minimum Gasteiger partial charge on any atom is -0.453 e. The van der Waals surface area contributed by atoms with Crippen LogP contribution in [0.15, 0.2) is 0 Å². The average Bonchev–Trinajstić information content (AvgIpc) is 2.26. The molecule has 94 valence electrons. The van der Waals surface area contributed by atoms with Gasteiger partial charge in [-0.25, -0.2) is 4.79 Å². The summed E-state index contributed by atoms with van der Waals surface area (Å²) in [6, 6.07) is -0.166. The molecule has 1 saturated heterocycles. The van der Waals surface area contributed by atoms with E-state index in [1.807, 2.05) is 0 Å². The first-order valence-electron chi connectivity index (χ1n) is 5.60. The van der Waals surface area contributed by atoms with Crippen molar-refractivity contribution in [2.75, 3.05) is 33.4 Å². The molecule has 0 spiro atoms. The summed E-state index contributed by atoms with van der Waals surface area (Å²) in [6.07, 6.45) is -0.354. The second-order valence-electron chi connectivity index (χ2n) is 5.12. The predicted molar refractivity (Wildman–Crippen MR) is 61.3 cm³/mol. The van der Waals surface area contributed by atoms with E-state index >= 15 is 0 Å². The van der Waals surface area contributed by atoms with E-state index < -0.39 is 0 Å². The number of carbonyl (C=O) groups is 1. The van der Waals surface area contributed by atoms with Gasteiger partial charge in [0.1, 0.15) is 0 Å². The molecule has 1 aliphatic rings. The molecular formula is C11H22N2O3. The van der Waals surface area contributed by atoms with Crippen molar-refractivity contribution in [3.8, 4) is 0 Å². The van der Waals surface area contributed by atoms with Crippen molar-refractivity contribution in [3.63, 3.8) is 0 Å². The number of aliphatic hydroxyl groups is 1. The van der Waals surface area contributed by atoms with E-state index in [-0.39, 0.29) is 24.3 Å². The maximum atomic E-state index is 11.5. The maximum absolute atomic E-state index is 11.5. The summed E-state index contributed by atoms with van der Waals surface area (Å²) in [5.41, 5.74) is 0.0651. The summed E-state index contributed by atoms with van der Waals surface area (Å²) in [6.45, 7) is 8.49. The van der Waals surface area contributed by atoms with Gasteiger partial charge in [-0.3, -0.25) is 4.90 Å². The zero-order valence-corrected chi connectivity index (χ0v) is 10.6. The van der Waals surface area contributed by atoms with Gasteiger partial charge in [0, 0.05) is 25.2 Å². The van der Waals surface area contributed by atoms with Gasteiger partial charge in [0.2, 0.25) is 0 Å². The van der Waals surface area contributed by atoms with Gasteiger partial charge in [-0.15, -0.1) is 0 Å². The molecule has 0 saturated carbocycles. The van der Waals surface area contributed by atoms with Crippen molar-refractivity contribution >= 4 is 6.09 Å². The van der Waals surface area contributed by atoms with Gasteiger partial charge < -0.3 is 14.7 Å². The Morgan fingerprint density at radius 2 is 2.06 bits per heavy atom. The number of nitrogens with zero attached hydrogens (tertiary/aromatic N) is 2. The minimum atomic E-state index is -0.354. The Morgan fingerprint density at radius 3 is 2.50 bits per heavy atom. The van der Waals surface area contributed by atoms with Crippen molar-refractivity contribution < 1.29 is 14.6 Å². The molecule has 1 atom stereocenters. The molecule has 0 aromatic carbocycles. The lowest BCUT2D eigenvalue weighted by Gasteiger charge is -2.45. The zero-order chi connectivity index (χ0) is 12.3. The third-order valence-electron chi connectivity index (χ3n) is 3.05. The number of methoxy groups -OCH3 is 1. The average molecular weight is 230 g/mol. The molecule has 1 unspecified atom stereocenters. The van der Waals surface area contributed by atoms with Gasteiger partial charge >= 0.3 is 6.09 Å². The van der Waals surface area contributed by atoms with E-state index in [9.17, 15) is 9.90 Å². The van der Waals surface area contributed by atoms with Gasteiger partial charge in [-0.1, -0.05) is 0 Å². The normalized spacial score (nSPS) is 23.3. The highest BCUT2D eigenvalue weighted by molar-refractivity contribution is 5.68. The highest BCUT2D eigenvalue weighted by Crippen LogP contribution is 2.19. The number of hydrogen-bond acceptors (Lipinski definition) is 4. The highest BCUT2D eigenvalue weighted by atomic mass is 16.5. The predicted octanol–water partition coefficient (Wildman–Crippen LogP) is 0.530.